The van der Waals surface area contributed by atoms with E-state index in [4.69, 9.17) is 5.11 Å². The van der Waals surface area contributed by atoms with E-state index < -0.39 is 12.1 Å². The van der Waals surface area contributed by atoms with Gasteiger partial charge in [0.15, 0.2) is 0 Å². The number of hydrogen-bond acceptors (Lipinski definition) is 2. The summed E-state index contributed by atoms with van der Waals surface area (Å²) in [4.78, 5) is 10.3. The second kappa shape index (κ2) is 15.0. The molecule has 2 N–H and O–H groups in total. The fourth-order valence-corrected chi connectivity index (χ4v) is 1.92. The van der Waals surface area contributed by atoms with Crippen molar-refractivity contribution in [3.8, 4) is 0 Å². The number of hydrogen-bond donors (Lipinski definition) is 2. The van der Waals surface area contributed by atoms with E-state index >= 15 is 0 Å². The Morgan fingerprint density at radius 1 is 1.00 bits per heavy atom. The van der Waals surface area contributed by atoms with Crippen LogP contribution in [0.25, 0.3) is 0 Å². The first-order valence-corrected chi connectivity index (χ1v) is 8.05. The van der Waals surface area contributed by atoms with Gasteiger partial charge in [-0.3, -0.25) is 4.79 Å². The molecule has 0 spiro atoms. The summed E-state index contributed by atoms with van der Waals surface area (Å²) < 4.78 is 0. The smallest absolute Gasteiger partial charge is 0.303 e. The zero-order valence-electron chi connectivity index (χ0n) is 13.2. The second-order valence-electron chi connectivity index (χ2n) is 5.20. The molecule has 1 atom stereocenters. The van der Waals surface area contributed by atoms with Crippen LogP contribution in [0.2, 0.25) is 0 Å². The fourth-order valence-electron chi connectivity index (χ4n) is 1.92. The van der Waals surface area contributed by atoms with Crippen LogP contribution in [-0.4, -0.2) is 22.3 Å². The van der Waals surface area contributed by atoms with Gasteiger partial charge in [-0.15, -0.1) is 0 Å². The first kappa shape index (κ1) is 19.7. The van der Waals surface area contributed by atoms with Gasteiger partial charge in [-0.25, -0.2) is 0 Å². The molecule has 0 aliphatic rings. The first-order chi connectivity index (χ1) is 10.2. The van der Waals surface area contributed by atoms with Gasteiger partial charge in [0.2, 0.25) is 0 Å². The lowest BCUT2D eigenvalue weighted by Gasteiger charge is -1.99. The lowest BCUT2D eigenvalue weighted by molar-refractivity contribution is -0.137. The quantitative estimate of drug-likeness (QED) is 0.296. The van der Waals surface area contributed by atoms with E-state index in [1.54, 1.807) is 0 Å². The van der Waals surface area contributed by atoms with Crippen LogP contribution in [0, 0.1) is 0 Å². The molecule has 0 radical (unpaired) electrons. The lowest BCUT2D eigenvalue weighted by atomic mass is 10.1. The molecule has 0 rings (SSSR count). The Labute approximate surface area is 129 Å². The molecule has 3 heteroatoms. The minimum Gasteiger partial charge on any atom is -0.481 e. The minimum atomic E-state index is -0.697. The van der Waals surface area contributed by atoms with E-state index in [1.807, 2.05) is 24.3 Å². The van der Waals surface area contributed by atoms with Crippen molar-refractivity contribution in [1.29, 1.82) is 0 Å². The Bertz CT molecular complexity index is 329. The molecule has 0 saturated carbocycles. The van der Waals surface area contributed by atoms with Gasteiger partial charge < -0.3 is 10.2 Å². The summed E-state index contributed by atoms with van der Waals surface area (Å²) in [5.74, 6) is -0.697. The molecule has 21 heavy (non-hydrogen) atoms. The van der Waals surface area contributed by atoms with E-state index in [0.29, 0.717) is 12.8 Å². The maximum absolute atomic E-state index is 10.3. The Hall–Kier alpha value is -1.35. The largest absolute Gasteiger partial charge is 0.481 e. The number of carboxylic acids is 1. The summed E-state index contributed by atoms with van der Waals surface area (Å²) in [5, 5.41) is 18.1. The molecule has 0 aliphatic carbocycles. The van der Waals surface area contributed by atoms with Gasteiger partial charge in [-0.1, -0.05) is 62.6 Å². The van der Waals surface area contributed by atoms with Gasteiger partial charge in [0, 0.05) is 6.42 Å². The zero-order chi connectivity index (χ0) is 15.8. The highest BCUT2D eigenvalue weighted by Gasteiger charge is 1.96. The van der Waals surface area contributed by atoms with Crippen LogP contribution in [0.4, 0.5) is 0 Å². The van der Waals surface area contributed by atoms with Crippen LogP contribution in [0.3, 0.4) is 0 Å². The van der Waals surface area contributed by atoms with Crippen LogP contribution >= 0.6 is 0 Å². The van der Waals surface area contributed by atoms with Crippen LogP contribution in [-0.2, 0) is 4.79 Å². The highest BCUT2D eigenvalue weighted by molar-refractivity contribution is 5.66. The van der Waals surface area contributed by atoms with Crippen molar-refractivity contribution >= 4 is 5.97 Å². The van der Waals surface area contributed by atoms with Crippen molar-refractivity contribution in [2.45, 2.75) is 70.8 Å². The summed E-state index contributed by atoms with van der Waals surface area (Å²) in [6.07, 6.45) is 19.7. The highest BCUT2D eigenvalue weighted by atomic mass is 16.4. The zero-order valence-corrected chi connectivity index (χ0v) is 13.2. The van der Waals surface area contributed by atoms with E-state index in [2.05, 4.69) is 19.1 Å². The second-order valence-corrected chi connectivity index (χ2v) is 5.20. The molecule has 0 unspecified atom stereocenters. The first-order valence-electron chi connectivity index (χ1n) is 8.05. The average Bonchev–Trinajstić information content (AvgIpc) is 2.44. The molecule has 0 amide bonds. The van der Waals surface area contributed by atoms with Gasteiger partial charge >= 0.3 is 5.97 Å². The maximum Gasteiger partial charge on any atom is 0.303 e. The third-order valence-electron chi connectivity index (χ3n) is 3.12. The Kier molecular flexibility index (Phi) is 14.1. The molecule has 0 aromatic carbocycles. The summed E-state index contributed by atoms with van der Waals surface area (Å²) >= 11 is 0. The molecule has 0 heterocycles. The summed E-state index contributed by atoms with van der Waals surface area (Å²) in [6, 6.07) is 0. The number of aliphatic hydroxyl groups excluding tert-OH is 1. The van der Waals surface area contributed by atoms with Crippen LogP contribution in [0.1, 0.15) is 64.7 Å². The third-order valence-corrected chi connectivity index (χ3v) is 3.12. The molecule has 3 nitrogen and oxygen atoms in total. The van der Waals surface area contributed by atoms with E-state index in [9.17, 15) is 9.90 Å². The predicted molar refractivity (Wildman–Crippen MR) is 88.3 cm³/mol. The van der Waals surface area contributed by atoms with Crippen molar-refractivity contribution < 1.29 is 15.0 Å². The van der Waals surface area contributed by atoms with Crippen LogP contribution in [0.15, 0.2) is 36.5 Å². The standard InChI is InChI=1S/C18H30O3/c1-2-3-11-14-17(19)15-12-9-7-5-4-6-8-10-13-16-18(20)21/h3,7,9,11-12,15,17,19H,2,4-6,8,10,13-14,16H2,1H3,(H,20,21)/b9-7-,11-3+,15-12+/t17-/m1/s1. The average molecular weight is 294 g/mol. The Morgan fingerprint density at radius 3 is 2.43 bits per heavy atom. The summed E-state index contributed by atoms with van der Waals surface area (Å²) in [6.45, 7) is 2.08. The highest BCUT2D eigenvalue weighted by Crippen LogP contribution is 2.07. The SMILES string of the molecule is CC/C=C/C[C@@H](O)/C=C/C=C\CCCCCCCC(=O)O. The lowest BCUT2D eigenvalue weighted by Crippen LogP contribution is -1.98. The fraction of sp³-hybridized carbons (Fsp3) is 0.611. The topological polar surface area (TPSA) is 57.5 Å². The van der Waals surface area contributed by atoms with E-state index in [-0.39, 0.29) is 0 Å². The molecule has 0 aliphatic heterocycles. The monoisotopic (exact) mass is 294 g/mol. The van der Waals surface area contributed by atoms with Gasteiger partial charge in [0.25, 0.3) is 0 Å². The summed E-state index contributed by atoms with van der Waals surface area (Å²) in [5.41, 5.74) is 0. The van der Waals surface area contributed by atoms with Gasteiger partial charge in [-0.2, -0.15) is 0 Å². The third kappa shape index (κ3) is 16.6. The number of aliphatic hydroxyl groups is 1. The predicted octanol–water partition coefficient (Wildman–Crippen LogP) is 4.63. The van der Waals surface area contributed by atoms with Crippen LogP contribution < -0.4 is 0 Å². The Balaban J connectivity index is 3.43. The number of carboxylic acid groups (broad SMARTS) is 1. The number of allylic oxidation sites excluding steroid dienone is 4. The van der Waals surface area contributed by atoms with Gasteiger partial charge in [0.05, 0.1) is 6.10 Å². The Morgan fingerprint density at radius 2 is 1.71 bits per heavy atom. The molecule has 0 bridgehead atoms. The van der Waals surface area contributed by atoms with Crippen molar-refractivity contribution in [2.24, 2.45) is 0 Å². The minimum absolute atomic E-state index is 0.292. The molecular weight excluding hydrogens is 264 g/mol. The van der Waals surface area contributed by atoms with Crippen molar-refractivity contribution in [1.82, 2.24) is 0 Å². The number of carbonyl (C=O) groups is 1. The molecule has 0 aromatic rings. The molecule has 0 aromatic heterocycles. The molecule has 0 fully saturated rings. The van der Waals surface area contributed by atoms with Crippen molar-refractivity contribution in [3.05, 3.63) is 36.5 Å². The molecule has 120 valence electrons. The number of unbranched alkanes of at least 4 members (excludes halogenated alkanes) is 5. The van der Waals surface area contributed by atoms with Gasteiger partial charge in [-0.05, 0) is 32.1 Å². The summed E-state index contributed by atoms with van der Waals surface area (Å²) in [7, 11) is 0. The molecular formula is C18H30O3. The van der Waals surface area contributed by atoms with Crippen LogP contribution in [0.5, 0.6) is 0 Å². The number of aliphatic carboxylic acids is 1. The van der Waals surface area contributed by atoms with Crippen molar-refractivity contribution in [2.75, 3.05) is 0 Å². The van der Waals surface area contributed by atoms with E-state index in [0.717, 1.165) is 44.9 Å². The normalized spacial score (nSPS) is 13.6. The number of rotatable bonds is 13. The van der Waals surface area contributed by atoms with E-state index in [1.165, 1.54) is 0 Å². The van der Waals surface area contributed by atoms with Gasteiger partial charge in [0.1, 0.15) is 0 Å². The molecule has 0 saturated heterocycles. The van der Waals surface area contributed by atoms with Crippen molar-refractivity contribution in [3.63, 3.8) is 0 Å². The maximum atomic E-state index is 10.3.